The summed E-state index contributed by atoms with van der Waals surface area (Å²) in [6.45, 7) is 2.06. The zero-order valence-electron chi connectivity index (χ0n) is 17.4. The average molecular weight is 449 g/mol. The normalized spacial score (nSPS) is 17.2. The molecule has 0 saturated carbocycles. The maximum absolute atomic E-state index is 12.7. The molecule has 4 rings (SSSR count). The van der Waals surface area contributed by atoms with Gasteiger partial charge in [-0.05, 0) is 55.0 Å². The maximum Gasteiger partial charge on any atom is 0.265 e. The predicted molar refractivity (Wildman–Crippen MR) is 120 cm³/mol. The molecule has 1 fully saturated rings. The number of rotatable bonds is 5. The average Bonchev–Trinajstić information content (AvgIpc) is 3.02. The molecule has 0 spiro atoms. The second-order valence-corrected chi connectivity index (χ2v) is 7.57. The molecular formula is C23H19N3O5S. The van der Waals surface area contributed by atoms with Crippen LogP contribution < -0.4 is 10.1 Å². The van der Waals surface area contributed by atoms with E-state index in [9.17, 15) is 19.2 Å². The van der Waals surface area contributed by atoms with Crippen LogP contribution in [-0.2, 0) is 16.1 Å². The summed E-state index contributed by atoms with van der Waals surface area (Å²) in [6, 6.07) is 11.7. The smallest absolute Gasteiger partial charge is 0.265 e. The molecule has 0 bridgehead atoms. The van der Waals surface area contributed by atoms with E-state index < -0.39 is 11.8 Å². The maximum atomic E-state index is 12.7. The SMILES string of the molecule is CCN1C(=O)/C(=C\c2ccc(OC)c(CN3C(=O)c4ccccc4C3=O)c2)C(=O)NC1=S. The molecular weight excluding hydrogens is 430 g/mol. The van der Waals surface area contributed by atoms with Crippen LogP contribution in [0, 0.1) is 0 Å². The first-order valence-corrected chi connectivity index (χ1v) is 10.3. The first-order valence-electron chi connectivity index (χ1n) is 9.86. The number of amides is 4. The molecule has 2 aromatic rings. The Morgan fingerprint density at radius 3 is 2.22 bits per heavy atom. The summed E-state index contributed by atoms with van der Waals surface area (Å²) in [7, 11) is 1.48. The van der Waals surface area contributed by atoms with Crippen LogP contribution >= 0.6 is 12.2 Å². The van der Waals surface area contributed by atoms with Gasteiger partial charge in [0.25, 0.3) is 23.6 Å². The summed E-state index contributed by atoms with van der Waals surface area (Å²) in [5.41, 5.74) is 1.75. The first-order chi connectivity index (χ1) is 15.3. The van der Waals surface area contributed by atoms with Crippen molar-refractivity contribution in [3.05, 3.63) is 70.3 Å². The van der Waals surface area contributed by atoms with Crippen molar-refractivity contribution >= 4 is 47.0 Å². The largest absolute Gasteiger partial charge is 0.496 e. The van der Waals surface area contributed by atoms with Crippen LogP contribution in [0.15, 0.2) is 48.0 Å². The molecule has 4 amide bonds. The zero-order chi connectivity index (χ0) is 23.0. The zero-order valence-corrected chi connectivity index (χ0v) is 18.2. The minimum atomic E-state index is -0.581. The molecule has 2 aliphatic heterocycles. The van der Waals surface area contributed by atoms with Crippen molar-refractivity contribution in [1.82, 2.24) is 15.1 Å². The molecule has 0 unspecified atom stereocenters. The van der Waals surface area contributed by atoms with Crippen molar-refractivity contribution in [3.8, 4) is 5.75 Å². The minimum absolute atomic E-state index is 0.0160. The van der Waals surface area contributed by atoms with Crippen molar-refractivity contribution in [2.75, 3.05) is 13.7 Å². The fraction of sp³-hybridized carbons (Fsp3) is 0.174. The summed E-state index contributed by atoms with van der Waals surface area (Å²) < 4.78 is 5.40. The Kier molecular flexibility index (Phi) is 5.58. The highest BCUT2D eigenvalue weighted by molar-refractivity contribution is 7.80. The summed E-state index contributed by atoms with van der Waals surface area (Å²) in [5, 5.41) is 2.58. The fourth-order valence-corrected chi connectivity index (χ4v) is 4.02. The van der Waals surface area contributed by atoms with Crippen molar-refractivity contribution in [3.63, 3.8) is 0 Å². The van der Waals surface area contributed by atoms with Gasteiger partial charge < -0.3 is 4.74 Å². The number of likely N-dealkylation sites (N-methyl/N-ethyl adjacent to an activating group) is 1. The van der Waals surface area contributed by atoms with Crippen LogP contribution in [0.25, 0.3) is 6.08 Å². The number of benzene rings is 2. The lowest BCUT2D eigenvalue weighted by Gasteiger charge is -2.27. The molecule has 32 heavy (non-hydrogen) atoms. The second kappa shape index (κ2) is 8.35. The van der Waals surface area contributed by atoms with Crippen LogP contribution in [0.5, 0.6) is 5.75 Å². The van der Waals surface area contributed by atoms with E-state index >= 15 is 0 Å². The predicted octanol–water partition coefficient (Wildman–Crippen LogP) is 2.14. The van der Waals surface area contributed by atoms with Crippen LogP contribution in [0.2, 0.25) is 0 Å². The van der Waals surface area contributed by atoms with Gasteiger partial charge in [0.05, 0.1) is 24.8 Å². The van der Waals surface area contributed by atoms with Gasteiger partial charge >= 0.3 is 0 Å². The number of hydrogen-bond donors (Lipinski definition) is 1. The number of thiocarbonyl (C=S) groups is 1. The van der Waals surface area contributed by atoms with E-state index in [0.717, 1.165) is 4.90 Å². The van der Waals surface area contributed by atoms with E-state index in [1.807, 2.05) is 0 Å². The summed E-state index contributed by atoms with van der Waals surface area (Å²) >= 11 is 5.04. The topological polar surface area (TPSA) is 96.0 Å². The number of nitrogens with one attached hydrogen (secondary N) is 1. The molecule has 2 aliphatic rings. The molecule has 0 aliphatic carbocycles. The van der Waals surface area contributed by atoms with E-state index in [4.69, 9.17) is 17.0 Å². The van der Waals surface area contributed by atoms with Crippen molar-refractivity contribution in [2.45, 2.75) is 13.5 Å². The summed E-state index contributed by atoms with van der Waals surface area (Å²) in [5.74, 6) is -1.36. The third-order valence-corrected chi connectivity index (χ3v) is 5.65. The summed E-state index contributed by atoms with van der Waals surface area (Å²) in [6.07, 6.45) is 1.45. The molecule has 162 valence electrons. The Labute approximate surface area is 189 Å². The second-order valence-electron chi connectivity index (χ2n) is 7.18. The van der Waals surface area contributed by atoms with E-state index in [1.165, 1.54) is 18.1 Å². The van der Waals surface area contributed by atoms with E-state index in [0.29, 0.717) is 34.5 Å². The van der Waals surface area contributed by atoms with Gasteiger partial charge in [-0.3, -0.25) is 34.3 Å². The van der Waals surface area contributed by atoms with E-state index in [1.54, 1.807) is 49.4 Å². The number of carbonyl (C=O) groups is 4. The minimum Gasteiger partial charge on any atom is -0.496 e. The van der Waals surface area contributed by atoms with Crippen molar-refractivity contribution < 1.29 is 23.9 Å². The van der Waals surface area contributed by atoms with Crippen LogP contribution in [0.4, 0.5) is 0 Å². The van der Waals surface area contributed by atoms with Gasteiger partial charge in [-0.25, -0.2) is 0 Å². The third-order valence-electron chi connectivity index (χ3n) is 5.32. The molecule has 2 aromatic carbocycles. The number of methoxy groups -OCH3 is 1. The molecule has 9 heteroatoms. The molecule has 0 atom stereocenters. The van der Waals surface area contributed by atoms with Gasteiger partial charge in [-0.2, -0.15) is 0 Å². The standard InChI is InChI=1S/C23H19N3O5S/c1-3-25-22(30)17(19(27)24-23(25)32)11-13-8-9-18(31-2)14(10-13)12-26-20(28)15-6-4-5-7-16(15)21(26)29/h4-11H,3,12H2,1-2H3,(H,24,27,32)/b17-11-. The van der Waals surface area contributed by atoms with Crippen LogP contribution in [-0.4, -0.2) is 52.2 Å². The molecule has 0 aromatic heterocycles. The van der Waals surface area contributed by atoms with Crippen LogP contribution in [0.3, 0.4) is 0 Å². The highest BCUT2D eigenvalue weighted by Gasteiger charge is 2.36. The Bertz CT molecular complexity index is 1180. The van der Waals surface area contributed by atoms with Gasteiger partial charge in [-0.1, -0.05) is 18.2 Å². The summed E-state index contributed by atoms with van der Waals surface area (Å²) in [4.78, 5) is 52.9. The Morgan fingerprint density at radius 2 is 1.62 bits per heavy atom. The Hall–Kier alpha value is -3.85. The first kappa shape index (κ1) is 21.4. The van der Waals surface area contributed by atoms with Crippen molar-refractivity contribution in [2.24, 2.45) is 0 Å². The fourth-order valence-electron chi connectivity index (χ4n) is 3.71. The lowest BCUT2D eigenvalue weighted by atomic mass is 10.0. The lowest BCUT2D eigenvalue weighted by molar-refractivity contribution is -0.128. The van der Waals surface area contributed by atoms with Gasteiger partial charge in [0.2, 0.25) is 0 Å². The van der Waals surface area contributed by atoms with E-state index in [-0.39, 0.29) is 29.0 Å². The number of fused-ring (bicyclic) bond motifs is 1. The molecule has 0 radical (unpaired) electrons. The van der Waals surface area contributed by atoms with Gasteiger partial charge in [0, 0.05) is 12.1 Å². The number of imide groups is 1. The number of carbonyl (C=O) groups excluding carboxylic acids is 4. The number of ether oxygens (including phenoxy) is 1. The highest BCUT2D eigenvalue weighted by Crippen LogP contribution is 2.29. The van der Waals surface area contributed by atoms with E-state index in [2.05, 4.69) is 5.32 Å². The monoisotopic (exact) mass is 449 g/mol. The highest BCUT2D eigenvalue weighted by atomic mass is 32.1. The molecule has 1 saturated heterocycles. The Morgan fingerprint density at radius 1 is 0.969 bits per heavy atom. The number of nitrogens with zero attached hydrogens (tertiary/aromatic N) is 2. The number of hydrogen-bond acceptors (Lipinski definition) is 6. The molecule has 2 heterocycles. The quantitative estimate of drug-likeness (QED) is 0.325. The van der Waals surface area contributed by atoms with Gasteiger partial charge in [-0.15, -0.1) is 0 Å². The Balaban J connectivity index is 1.67. The van der Waals surface area contributed by atoms with Gasteiger partial charge in [0.1, 0.15) is 11.3 Å². The third kappa shape index (κ3) is 3.56. The molecule has 8 nitrogen and oxygen atoms in total. The van der Waals surface area contributed by atoms with Gasteiger partial charge in [0.15, 0.2) is 5.11 Å². The lowest BCUT2D eigenvalue weighted by Crippen LogP contribution is -2.53. The van der Waals surface area contributed by atoms with Crippen LogP contribution in [0.1, 0.15) is 38.8 Å². The molecule has 1 N–H and O–H groups in total. The van der Waals surface area contributed by atoms with Crippen molar-refractivity contribution in [1.29, 1.82) is 0 Å².